The summed E-state index contributed by atoms with van der Waals surface area (Å²) in [5.74, 6) is 0.0804. The number of nitrogens with zero attached hydrogens (tertiary/aromatic N) is 1. The van der Waals surface area contributed by atoms with E-state index in [1.54, 1.807) is 11.3 Å². The van der Waals surface area contributed by atoms with E-state index in [1.807, 2.05) is 4.90 Å². The molecule has 5 nitrogen and oxygen atoms in total. The predicted molar refractivity (Wildman–Crippen MR) is 89.3 cm³/mol. The lowest BCUT2D eigenvalue weighted by molar-refractivity contribution is -0.134. The van der Waals surface area contributed by atoms with Crippen LogP contribution < -0.4 is 10.6 Å². The molecule has 0 spiro atoms. The van der Waals surface area contributed by atoms with Gasteiger partial charge < -0.3 is 15.5 Å². The van der Waals surface area contributed by atoms with Crippen LogP contribution in [0.25, 0.3) is 0 Å². The minimum absolute atomic E-state index is 0. The summed E-state index contributed by atoms with van der Waals surface area (Å²) in [6.07, 6.45) is 2.53. The van der Waals surface area contributed by atoms with Gasteiger partial charge in [0, 0.05) is 43.4 Å². The van der Waals surface area contributed by atoms with Crippen molar-refractivity contribution in [2.24, 2.45) is 0 Å². The molecule has 1 unspecified atom stereocenters. The van der Waals surface area contributed by atoms with E-state index in [9.17, 15) is 9.59 Å². The van der Waals surface area contributed by atoms with Crippen LogP contribution in [0.3, 0.4) is 0 Å². The fourth-order valence-electron chi connectivity index (χ4n) is 2.92. The number of nitrogens with one attached hydrogen (secondary N) is 2. The molecule has 122 valence electrons. The number of carbonyl (C=O) groups excluding carboxylic acids is 2. The van der Waals surface area contributed by atoms with Crippen molar-refractivity contribution < 1.29 is 9.59 Å². The standard InChI is InChI=1S/C15H21N3O2S.ClH/c19-14(17-12-3-6-16-9-12)1-2-15(20)18-7-4-13-11(10-18)5-8-21-13;/h5,8,12,16H,1-4,6-7,9-10H2,(H,17,19);1H. The first kappa shape index (κ1) is 17.2. The number of fused-ring (bicyclic) bond motifs is 1. The van der Waals surface area contributed by atoms with Crippen LogP contribution >= 0.6 is 23.7 Å². The summed E-state index contributed by atoms with van der Waals surface area (Å²) in [5, 5.41) is 8.28. The maximum absolute atomic E-state index is 12.2. The van der Waals surface area contributed by atoms with Crippen molar-refractivity contribution in [1.29, 1.82) is 0 Å². The van der Waals surface area contributed by atoms with Gasteiger partial charge >= 0.3 is 0 Å². The highest BCUT2D eigenvalue weighted by Gasteiger charge is 2.22. The van der Waals surface area contributed by atoms with Crippen LogP contribution in [0.5, 0.6) is 0 Å². The number of rotatable bonds is 4. The Morgan fingerprint density at radius 3 is 3.05 bits per heavy atom. The Balaban J connectivity index is 0.00000176. The summed E-state index contributed by atoms with van der Waals surface area (Å²) in [5.41, 5.74) is 1.26. The largest absolute Gasteiger partial charge is 0.352 e. The second kappa shape index (κ2) is 7.94. The third kappa shape index (κ3) is 4.21. The number of amides is 2. The number of hydrogen-bond donors (Lipinski definition) is 2. The van der Waals surface area contributed by atoms with Gasteiger partial charge in [-0.25, -0.2) is 0 Å². The number of carbonyl (C=O) groups is 2. The van der Waals surface area contributed by atoms with Gasteiger partial charge in [0.25, 0.3) is 0 Å². The zero-order chi connectivity index (χ0) is 14.7. The van der Waals surface area contributed by atoms with Crippen LogP contribution in [0.1, 0.15) is 29.7 Å². The van der Waals surface area contributed by atoms with Gasteiger partial charge in [-0.05, 0) is 36.4 Å². The molecule has 1 aromatic heterocycles. The second-order valence-corrected chi connectivity index (χ2v) is 6.69. The molecular formula is C15H22ClN3O2S. The Kier molecular flexibility index (Phi) is 6.23. The van der Waals surface area contributed by atoms with Crippen molar-refractivity contribution >= 4 is 35.6 Å². The Morgan fingerprint density at radius 2 is 2.27 bits per heavy atom. The van der Waals surface area contributed by atoms with Gasteiger partial charge in [-0.2, -0.15) is 0 Å². The normalized spacial score (nSPS) is 20.2. The van der Waals surface area contributed by atoms with Crippen LogP contribution in [0.2, 0.25) is 0 Å². The molecule has 22 heavy (non-hydrogen) atoms. The van der Waals surface area contributed by atoms with Gasteiger partial charge in [0.15, 0.2) is 0 Å². The number of halogens is 1. The van der Waals surface area contributed by atoms with Gasteiger partial charge in [-0.15, -0.1) is 23.7 Å². The lowest BCUT2D eigenvalue weighted by Crippen LogP contribution is -2.38. The monoisotopic (exact) mass is 343 g/mol. The molecule has 1 saturated heterocycles. The first-order chi connectivity index (χ1) is 10.2. The van der Waals surface area contributed by atoms with Crippen molar-refractivity contribution in [3.63, 3.8) is 0 Å². The highest BCUT2D eigenvalue weighted by molar-refractivity contribution is 7.10. The van der Waals surface area contributed by atoms with Crippen molar-refractivity contribution in [3.05, 3.63) is 21.9 Å². The molecule has 1 fully saturated rings. The van der Waals surface area contributed by atoms with Crippen LogP contribution in [0.15, 0.2) is 11.4 Å². The molecule has 0 saturated carbocycles. The Bertz CT molecular complexity index is 529. The SMILES string of the molecule is Cl.O=C(CCC(=O)N1CCc2sccc2C1)NC1CCNC1. The predicted octanol–water partition coefficient (Wildman–Crippen LogP) is 1.31. The number of hydrogen-bond acceptors (Lipinski definition) is 4. The Morgan fingerprint density at radius 1 is 1.41 bits per heavy atom. The van der Waals surface area contributed by atoms with Crippen LogP contribution in [0, 0.1) is 0 Å². The molecule has 3 rings (SSSR count). The van der Waals surface area contributed by atoms with E-state index in [0.29, 0.717) is 19.4 Å². The minimum atomic E-state index is -0.00900. The maximum Gasteiger partial charge on any atom is 0.223 e. The highest BCUT2D eigenvalue weighted by atomic mass is 35.5. The zero-order valence-electron chi connectivity index (χ0n) is 12.5. The van der Waals surface area contributed by atoms with E-state index in [0.717, 1.165) is 32.5 Å². The quantitative estimate of drug-likeness (QED) is 0.866. The third-order valence-electron chi connectivity index (χ3n) is 4.15. The molecule has 2 aliphatic heterocycles. The van der Waals surface area contributed by atoms with E-state index < -0.39 is 0 Å². The fourth-order valence-corrected chi connectivity index (χ4v) is 3.81. The lowest BCUT2D eigenvalue weighted by Gasteiger charge is -2.27. The van der Waals surface area contributed by atoms with Crippen molar-refractivity contribution in [2.75, 3.05) is 19.6 Å². The summed E-state index contributed by atoms with van der Waals surface area (Å²) in [6, 6.07) is 2.33. The average Bonchev–Trinajstić information content (AvgIpc) is 3.14. The molecule has 2 N–H and O–H groups in total. The smallest absolute Gasteiger partial charge is 0.223 e. The Hall–Kier alpha value is -1.11. The minimum Gasteiger partial charge on any atom is -0.352 e. The molecule has 0 bridgehead atoms. The molecule has 1 aromatic rings. The molecular weight excluding hydrogens is 322 g/mol. The average molecular weight is 344 g/mol. The molecule has 0 radical (unpaired) electrons. The molecule has 0 aliphatic carbocycles. The lowest BCUT2D eigenvalue weighted by atomic mass is 10.1. The van der Waals surface area contributed by atoms with E-state index in [4.69, 9.17) is 0 Å². The van der Waals surface area contributed by atoms with Crippen molar-refractivity contribution in [3.8, 4) is 0 Å². The van der Waals surface area contributed by atoms with Crippen molar-refractivity contribution in [2.45, 2.75) is 38.3 Å². The summed E-state index contributed by atoms with van der Waals surface area (Å²) in [4.78, 5) is 27.3. The van der Waals surface area contributed by atoms with Gasteiger partial charge in [0.05, 0.1) is 0 Å². The van der Waals surface area contributed by atoms with Crippen LogP contribution in [-0.2, 0) is 22.6 Å². The summed E-state index contributed by atoms with van der Waals surface area (Å²) < 4.78 is 0. The van der Waals surface area contributed by atoms with E-state index >= 15 is 0 Å². The van der Waals surface area contributed by atoms with Crippen LogP contribution in [-0.4, -0.2) is 42.4 Å². The Labute approximate surface area is 140 Å². The van der Waals surface area contributed by atoms with Gasteiger partial charge in [0.1, 0.15) is 0 Å². The molecule has 7 heteroatoms. The van der Waals surface area contributed by atoms with E-state index in [1.165, 1.54) is 10.4 Å². The third-order valence-corrected chi connectivity index (χ3v) is 5.17. The maximum atomic E-state index is 12.2. The van der Waals surface area contributed by atoms with Gasteiger partial charge in [0.2, 0.25) is 11.8 Å². The molecule has 2 amide bonds. The topological polar surface area (TPSA) is 61.4 Å². The first-order valence-corrected chi connectivity index (χ1v) is 8.43. The first-order valence-electron chi connectivity index (χ1n) is 7.55. The zero-order valence-corrected chi connectivity index (χ0v) is 14.1. The van der Waals surface area contributed by atoms with Gasteiger partial charge in [-0.1, -0.05) is 0 Å². The number of thiophene rings is 1. The highest BCUT2D eigenvalue weighted by Crippen LogP contribution is 2.24. The molecule has 1 atom stereocenters. The van der Waals surface area contributed by atoms with E-state index in [-0.39, 0.29) is 30.3 Å². The van der Waals surface area contributed by atoms with E-state index in [2.05, 4.69) is 22.1 Å². The molecule has 0 aromatic carbocycles. The molecule has 3 heterocycles. The van der Waals surface area contributed by atoms with Crippen LogP contribution in [0.4, 0.5) is 0 Å². The molecule has 2 aliphatic rings. The second-order valence-electron chi connectivity index (χ2n) is 5.69. The summed E-state index contributed by atoms with van der Waals surface area (Å²) >= 11 is 1.77. The fraction of sp³-hybridized carbons (Fsp3) is 0.600. The van der Waals surface area contributed by atoms with Gasteiger partial charge in [-0.3, -0.25) is 9.59 Å². The summed E-state index contributed by atoms with van der Waals surface area (Å²) in [7, 11) is 0. The van der Waals surface area contributed by atoms with Crippen molar-refractivity contribution in [1.82, 2.24) is 15.5 Å². The summed E-state index contributed by atoms with van der Waals surface area (Å²) in [6.45, 7) is 3.28.